The average molecular weight is 234 g/mol. The topological polar surface area (TPSA) is 68.3 Å². The third-order valence-corrected chi connectivity index (χ3v) is 2.29. The number of nitrogens with two attached hydrogens (primary N) is 1. The molecule has 3 N–H and O–H groups in total. The Morgan fingerprint density at radius 3 is 2.88 bits per heavy atom. The fourth-order valence-corrected chi connectivity index (χ4v) is 1.41. The lowest BCUT2D eigenvalue weighted by molar-refractivity contribution is 0.0951. The molecule has 0 spiro atoms. The van der Waals surface area contributed by atoms with Crippen LogP contribution in [0.25, 0.3) is 0 Å². The van der Waals surface area contributed by atoms with Crippen LogP contribution < -0.4 is 11.1 Å². The molecule has 0 bridgehead atoms. The van der Waals surface area contributed by atoms with Gasteiger partial charge in [-0.3, -0.25) is 4.79 Å². The summed E-state index contributed by atoms with van der Waals surface area (Å²) in [7, 11) is 0. The van der Waals surface area contributed by atoms with Crippen LogP contribution in [0.15, 0.2) is 41.2 Å². The van der Waals surface area contributed by atoms with E-state index in [1.54, 1.807) is 6.07 Å². The molecule has 0 aliphatic carbocycles. The van der Waals surface area contributed by atoms with Gasteiger partial charge >= 0.3 is 0 Å². The Hall–Kier alpha value is -2.30. The van der Waals surface area contributed by atoms with E-state index in [1.165, 1.54) is 24.7 Å². The molecular formula is C12H11FN2O2. The van der Waals surface area contributed by atoms with E-state index in [9.17, 15) is 9.18 Å². The van der Waals surface area contributed by atoms with Gasteiger partial charge in [0, 0.05) is 17.8 Å². The van der Waals surface area contributed by atoms with E-state index in [0.29, 0.717) is 6.54 Å². The standard InChI is InChI=1S/C12H11FN2O2/c13-9-1-2-10(11(14)5-9)12(16)15-6-8-3-4-17-7-8/h1-5,7H,6,14H2,(H,15,16). The van der Waals surface area contributed by atoms with Gasteiger partial charge in [-0.25, -0.2) is 4.39 Å². The second kappa shape index (κ2) is 4.69. The van der Waals surface area contributed by atoms with Gasteiger partial charge in [0.1, 0.15) is 5.82 Å². The smallest absolute Gasteiger partial charge is 0.253 e. The van der Waals surface area contributed by atoms with Crippen molar-refractivity contribution >= 4 is 11.6 Å². The Balaban J connectivity index is 2.04. The summed E-state index contributed by atoms with van der Waals surface area (Å²) in [6.45, 7) is 0.339. The third-order valence-electron chi connectivity index (χ3n) is 2.29. The van der Waals surface area contributed by atoms with E-state index in [2.05, 4.69) is 5.32 Å². The monoisotopic (exact) mass is 234 g/mol. The Kier molecular flexibility index (Phi) is 3.09. The van der Waals surface area contributed by atoms with Gasteiger partial charge in [0.15, 0.2) is 0 Å². The van der Waals surface area contributed by atoms with Crippen molar-refractivity contribution in [2.45, 2.75) is 6.54 Å². The number of halogens is 1. The highest BCUT2D eigenvalue weighted by molar-refractivity contribution is 5.99. The minimum atomic E-state index is -0.464. The number of furan rings is 1. The van der Waals surface area contributed by atoms with Crippen molar-refractivity contribution in [1.29, 1.82) is 0 Å². The number of hydrogen-bond donors (Lipinski definition) is 2. The van der Waals surface area contributed by atoms with Crippen LogP contribution in [0.4, 0.5) is 10.1 Å². The zero-order chi connectivity index (χ0) is 12.3. The van der Waals surface area contributed by atoms with E-state index < -0.39 is 5.82 Å². The first-order valence-electron chi connectivity index (χ1n) is 5.01. The molecule has 1 aromatic carbocycles. The fraction of sp³-hybridized carbons (Fsp3) is 0.0833. The third kappa shape index (κ3) is 2.63. The van der Waals surface area contributed by atoms with Crippen LogP contribution in [0.3, 0.4) is 0 Å². The first-order valence-corrected chi connectivity index (χ1v) is 5.01. The number of rotatable bonds is 3. The maximum Gasteiger partial charge on any atom is 0.253 e. The molecule has 0 atom stereocenters. The highest BCUT2D eigenvalue weighted by Gasteiger charge is 2.10. The van der Waals surface area contributed by atoms with Gasteiger partial charge in [-0.2, -0.15) is 0 Å². The zero-order valence-electron chi connectivity index (χ0n) is 8.94. The van der Waals surface area contributed by atoms with Crippen LogP contribution in [0, 0.1) is 5.82 Å². The molecule has 17 heavy (non-hydrogen) atoms. The maximum absolute atomic E-state index is 12.8. The van der Waals surface area contributed by atoms with Crippen molar-refractivity contribution in [3.8, 4) is 0 Å². The van der Waals surface area contributed by atoms with Gasteiger partial charge in [0.05, 0.1) is 18.1 Å². The van der Waals surface area contributed by atoms with Gasteiger partial charge in [-0.1, -0.05) is 0 Å². The molecule has 2 aromatic rings. The number of anilines is 1. The van der Waals surface area contributed by atoms with Crippen molar-refractivity contribution < 1.29 is 13.6 Å². The van der Waals surface area contributed by atoms with E-state index in [4.69, 9.17) is 10.2 Å². The molecule has 4 nitrogen and oxygen atoms in total. The predicted molar refractivity (Wildman–Crippen MR) is 60.7 cm³/mol. The van der Waals surface area contributed by atoms with Crippen LogP contribution in [0.2, 0.25) is 0 Å². The molecule has 0 radical (unpaired) electrons. The van der Waals surface area contributed by atoms with Crippen molar-refractivity contribution in [2.24, 2.45) is 0 Å². The molecule has 1 amide bonds. The summed E-state index contributed by atoms with van der Waals surface area (Å²) in [6, 6.07) is 5.42. The van der Waals surface area contributed by atoms with E-state index in [0.717, 1.165) is 11.6 Å². The van der Waals surface area contributed by atoms with E-state index in [-0.39, 0.29) is 17.2 Å². The van der Waals surface area contributed by atoms with Crippen molar-refractivity contribution in [3.63, 3.8) is 0 Å². The molecule has 0 aliphatic rings. The van der Waals surface area contributed by atoms with Crippen LogP contribution in [0.5, 0.6) is 0 Å². The van der Waals surface area contributed by atoms with Crippen LogP contribution in [-0.4, -0.2) is 5.91 Å². The SMILES string of the molecule is Nc1cc(F)ccc1C(=O)NCc1ccoc1. The van der Waals surface area contributed by atoms with E-state index >= 15 is 0 Å². The zero-order valence-corrected chi connectivity index (χ0v) is 8.94. The molecule has 2 rings (SSSR count). The number of benzene rings is 1. The summed E-state index contributed by atoms with van der Waals surface area (Å²) in [5.74, 6) is -0.808. The number of carbonyl (C=O) groups is 1. The second-order valence-electron chi connectivity index (χ2n) is 3.55. The van der Waals surface area contributed by atoms with Gasteiger partial charge in [-0.15, -0.1) is 0 Å². The lowest BCUT2D eigenvalue weighted by atomic mass is 10.1. The first-order chi connectivity index (χ1) is 8.16. The highest BCUT2D eigenvalue weighted by atomic mass is 19.1. The Morgan fingerprint density at radius 1 is 1.41 bits per heavy atom. The number of nitrogens with one attached hydrogen (secondary N) is 1. The molecule has 0 saturated carbocycles. The van der Waals surface area contributed by atoms with Crippen LogP contribution in [0.1, 0.15) is 15.9 Å². The van der Waals surface area contributed by atoms with Gasteiger partial charge in [0.25, 0.3) is 5.91 Å². The summed E-state index contributed by atoms with van der Waals surface area (Å²) in [5, 5.41) is 2.66. The molecule has 0 aliphatic heterocycles. The van der Waals surface area contributed by atoms with Crippen molar-refractivity contribution in [1.82, 2.24) is 5.32 Å². The summed E-state index contributed by atoms with van der Waals surface area (Å²) in [6.07, 6.45) is 3.06. The minimum absolute atomic E-state index is 0.120. The number of hydrogen-bond acceptors (Lipinski definition) is 3. The fourth-order valence-electron chi connectivity index (χ4n) is 1.41. The van der Waals surface area contributed by atoms with Gasteiger partial charge in [-0.05, 0) is 24.3 Å². The molecular weight excluding hydrogens is 223 g/mol. The molecule has 1 aromatic heterocycles. The molecule has 0 fully saturated rings. The minimum Gasteiger partial charge on any atom is -0.472 e. The Bertz CT molecular complexity index is 523. The van der Waals surface area contributed by atoms with E-state index in [1.807, 2.05) is 0 Å². The second-order valence-corrected chi connectivity index (χ2v) is 3.55. The van der Waals surface area contributed by atoms with Crippen molar-refractivity contribution in [3.05, 3.63) is 53.7 Å². The predicted octanol–water partition coefficient (Wildman–Crippen LogP) is 1.93. The van der Waals surface area contributed by atoms with Gasteiger partial charge in [0.2, 0.25) is 0 Å². The summed E-state index contributed by atoms with van der Waals surface area (Å²) in [5.41, 5.74) is 6.78. The highest BCUT2D eigenvalue weighted by Crippen LogP contribution is 2.13. The number of nitrogen functional groups attached to an aromatic ring is 1. The first kappa shape index (κ1) is 11.2. The van der Waals surface area contributed by atoms with Crippen molar-refractivity contribution in [2.75, 3.05) is 5.73 Å². The summed E-state index contributed by atoms with van der Waals surface area (Å²) < 4.78 is 17.7. The number of amides is 1. The average Bonchev–Trinajstić information content (AvgIpc) is 2.78. The van der Waals surface area contributed by atoms with Gasteiger partial charge < -0.3 is 15.5 Å². The molecule has 0 unspecified atom stereocenters. The molecule has 88 valence electrons. The summed E-state index contributed by atoms with van der Waals surface area (Å²) >= 11 is 0. The normalized spacial score (nSPS) is 10.2. The Morgan fingerprint density at radius 2 is 2.24 bits per heavy atom. The largest absolute Gasteiger partial charge is 0.472 e. The van der Waals surface area contributed by atoms with Crippen LogP contribution in [-0.2, 0) is 6.54 Å². The molecule has 5 heteroatoms. The lowest BCUT2D eigenvalue weighted by Gasteiger charge is -2.06. The maximum atomic E-state index is 12.8. The molecule has 0 saturated heterocycles. The lowest BCUT2D eigenvalue weighted by Crippen LogP contribution is -2.23. The molecule has 1 heterocycles. The van der Waals surface area contributed by atoms with Crippen LogP contribution >= 0.6 is 0 Å². The summed E-state index contributed by atoms with van der Waals surface area (Å²) in [4.78, 5) is 11.7. The quantitative estimate of drug-likeness (QED) is 0.797. The number of carbonyl (C=O) groups excluding carboxylic acids is 1. The Labute approximate surface area is 97.2 Å².